The number of carboxylic acid groups (broad SMARTS) is 1. The third-order valence-corrected chi connectivity index (χ3v) is 3.04. The Labute approximate surface area is 126 Å². The van der Waals surface area contributed by atoms with Crippen molar-refractivity contribution in [2.45, 2.75) is 39.7 Å². The summed E-state index contributed by atoms with van der Waals surface area (Å²) in [4.78, 5) is 27.0. The standard InChI is InChI=1S/C14H19BrN2O3/c1-14(2,3)8-10(7-12(18)19)17-13(20)9-4-5-16-11(15)6-9/h4-6,10H,7-8H2,1-3H3,(H,17,20)(H,18,19). The summed E-state index contributed by atoms with van der Waals surface area (Å²) in [6.07, 6.45) is 2.03. The second-order valence-electron chi connectivity index (χ2n) is 5.90. The molecule has 20 heavy (non-hydrogen) atoms. The van der Waals surface area contributed by atoms with Gasteiger partial charge in [0.15, 0.2) is 0 Å². The van der Waals surface area contributed by atoms with Crippen LogP contribution in [0.5, 0.6) is 0 Å². The molecule has 0 aromatic carbocycles. The van der Waals surface area contributed by atoms with E-state index in [2.05, 4.69) is 26.2 Å². The van der Waals surface area contributed by atoms with Crippen molar-refractivity contribution >= 4 is 27.8 Å². The Bertz CT molecular complexity index is 497. The highest BCUT2D eigenvalue weighted by atomic mass is 79.9. The number of carboxylic acids is 1. The van der Waals surface area contributed by atoms with Crippen LogP contribution in [0, 0.1) is 5.41 Å². The lowest BCUT2D eigenvalue weighted by molar-refractivity contribution is -0.137. The molecule has 0 aliphatic rings. The highest BCUT2D eigenvalue weighted by Crippen LogP contribution is 2.22. The van der Waals surface area contributed by atoms with E-state index in [0.29, 0.717) is 16.6 Å². The van der Waals surface area contributed by atoms with Gasteiger partial charge in [0.2, 0.25) is 0 Å². The van der Waals surface area contributed by atoms with Gasteiger partial charge in [0.1, 0.15) is 4.60 Å². The topological polar surface area (TPSA) is 79.3 Å². The number of hydrogen-bond donors (Lipinski definition) is 2. The Kier molecular flexibility index (Phi) is 5.68. The van der Waals surface area contributed by atoms with Gasteiger partial charge in [-0.25, -0.2) is 4.98 Å². The number of carbonyl (C=O) groups excluding carboxylic acids is 1. The number of rotatable bonds is 5. The summed E-state index contributed by atoms with van der Waals surface area (Å²) < 4.78 is 0.566. The number of hydrogen-bond acceptors (Lipinski definition) is 3. The normalized spacial score (nSPS) is 12.8. The molecule has 0 bridgehead atoms. The molecule has 1 atom stereocenters. The maximum atomic E-state index is 12.1. The molecular formula is C14H19BrN2O3. The summed E-state index contributed by atoms with van der Waals surface area (Å²) in [6, 6.07) is 2.80. The van der Waals surface area contributed by atoms with Crippen LogP contribution >= 0.6 is 15.9 Å². The van der Waals surface area contributed by atoms with Gasteiger partial charge >= 0.3 is 5.97 Å². The van der Waals surface area contributed by atoms with E-state index in [-0.39, 0.29) is 17.7 Å². The van der Waals surface area contributed by atoms with E-state index in [1.54, 1.807) is 12.1 Å². The van der Waals surface area contributed by atoms with Crippen LogP contribution in [0.4, 0.5) is 0 Å². The molecule has 2 N–H and O–H groups in total. The molecule has 6 heteroatoms. The van der Waals surface area contributed by atoms with Crippen LogP contribution in [0.25, 0.3) is 0 Å². The van der Waals surface area contributed by atoms with E-state index in [1.807, 2.05) is 20.8 Å². The lowest BCUT2D eigenvalue weighted by Crippen LogP contribution is -2.39. The van der Waals surface area contributed by atoms with E-state index in [0.717, 1.165) is 0 Å². The first kappa shape index (κ1) is 16.6. The van der Waals surface area contributed by atoms with E-state index in [1.165, 1.54) is 6.20 Å². The largest absolute Gasteiger partial charge is 0.481 e. The molecule has 5 nitrogen and oxygen atoms in total. The van der Waals surface area contributed by atoms with Gasteiger partial charge in [0.25, 0.3) is 5.91 Å². The maximum absolute atomic E-state index is 12.1. The molecule has 0 fully saturated rings. The average molecular weight is 343 g/mol. The van der Waals surface area contributed by atoms with Gasteiger partial charge in [0.05, 0.1) is 6.42 Å². The van der Waals surface area contributed by atoms with Crippen LogP contribution in [0.3, 0.4) is 0 Å². The Balaban J connectivity index is 2.78. The molecule has 0 saturated carbocycles. The summed E-state index contributed by atoms with van der Waals surface area (Å²) >= 11 is 3.20. The number of nitrogens with one attached hydrogen (secondary N) is 1. The fourth-order valence-corrected chi connectivity index (χ4v) is 2.30. The molecule has 1 rings (SSSR count). The minimum Gasteiger partial charge on any atom is -0.481 e. The Morgan fingerprint density at radius 1 is 1.45 bits per heavy atom. The molecule has 0 radical (unpaired) electrons. The number of halogens is 1. The zero-order valence-electron chi connectivity index (χ0n) is 11.8. The van der Waals surface area contributed by atoms with Gasteiger partial charge in [-0.15, -0.1) is 0 Å². The SMILES string of the molecule is CC(C)(C)CC(CC(=O)O)NC(=O)c1ccnc(Br)c1. The fraction of sp³-hybridized carbons (Fsp3) is 0.500. The molecule has 0 saturated heterocycles. The predicted molar refractivity (Wildman–Crippen MR) is 79.5 cm³/mol. The molecule has 1 aromatic rings. The summed E-state index contributed by atoms with van der Waals surface area (Å²) in [5, 5.41) is 11.7. The summed E-state index contributed by atoms with van der Waals surface area (Å²) in [6.45, 7) is 6.03. The molecule has 1 aromatic heterocycles. The van der Waals surface area contributed by atoms with Crippen molar-refractivity contribution in [1.82, 2.24) is 10.3 Å². The van der Waals surface area contributed by atoms with Crippen LogP contribution < -0.4 is 5.32 Å². The zero-order chi connectivity index (χ0) is 15.3. The van der Waals surface area contributed by atoms with Crippen LogP contribution in [0.1, 0.15) is 44.0 Å². The third-order valence-electron chi connectivity index (χ3n) is 2.60. The molecular weight excluding hydrogens is 324 g/mol. The number of carbonyl (C=O) groups is 2. The molecule has 1 amide bonds. The zero-order valence-corrected chi connectivity index (χ0v) is 13.4. The second kappa shape index (κ2) is 6.83. The summed E-state index contributed by atoms with van der Waals surface area (Å²) in [5.74, 6) is -1.21. The van der Waals surface area contributed by atoms with Gasteiger partial charge < -0.3 is 10.4 Å². The lowest BCUT2D eigenvalue weighted by atomic mass is 9.87. The molecule has 0 spiro atoms. The molecule has 110 valence electrons. The van der Waals surface area contributed by atoms with Crippen LogP contribution in [-0.2, 0) is 4.79 Å². The van der Waals surface area contributed by atoms with E-state index < -0.39 is 12.0 Å². The predicted octanol–water partition coefficient (Wildman–Crippen LogP) is 2.85. The Morgan fingerprint density at radius 2 is 2.10 bits per heavy atom. The first-order valence-electron chi connectivity index (χ1n) is 6.31. The van der Waals surface area contributed by atoms with Gasteiger partial charge in [-0.3, -0.25) is 9.59 Å². The van der Waals surface area contributed by atoms with Crippen molar-refractivity contribution in [3.8, 4) is 0 Å². The molecule has 1 heterocycles. The smallest absolute Gasteiger partial charge is 0.305 e. The fourth-order valence-electron chi connectivity index (χ4n) is 1.94. The third kappa shape index (κ3) is 6.14. The maximum Gasteiger partial charge on any atom is 0.305 e. The summed E-state index contributed by atoms with van der Waals surface area (Å²) in [5.41, 5.74) is 0.392. The van der Waals surface area contributed by atoms with Gasteiger partial charge in [-0.2, -0.15) is 0 Å². The van der Waals surface area contributed by atoms with Crippen LogP contribution in [0.2, 0.25) is 0 Å². The van der Waals surface area contributed by atoms with Crippen molar-refractivity contribution in [2.75, 3.05) is 0 Å². The van der Waals surface area contributed by atoms with E-state index in [4.69, 9.17) is 5.11 Å². The number of aliphatic carboxylic acids is 1. The average Bonchev–Trinajstić information content (AvgIpc) is 2.25. The Hall–Kier alpha value is -1.43. The van der Waals surface area contributed by atoms with Gasteiger partial charge in [0, 0.05) is 17.8 Å². The molecule has 1 unspecified atom stereocenters. The van der Waals surface area contributed by atoms with Gasteiger partial charge in [-0.1, -0.05) is 20.8 Å². The van der Waals surface area contributed by atoms with Crippen molar-refractivity contribution in [3.05, 3.63) is 28.5 Å². The first-order valence-corrected chi connectivity index (χ1v) is 7.11. The van der Waals surface area contributed by atoms with E-state index in [9.17, 15) is 9.59 Å². The second-order valence-corrected chi connectivity index (χ2v) is 6.71. The molecule has 0 aliphatic heterocycles. The number of aromatic nitrogens is 1. The quantitative estimate of drug-likeness (QED) is 0.806. The minimum atomic E-state index is -0.921. The monoisotopic (exact) mass is 342 g/mol. The van der Waals surface area contributed by atoms with Crippen molar-refractivity contribution in [2.24, 2.45) is 5.41 Å². The Morgan fingerprint density at radius 3 is 2.60 bits per heavy atom. The summed E-state index contributed by atoms with van der Waals surface area (Å²) in [7, 11) is 0. The van der Waals surface area contributed by atoms with Gasteiger partial charge in [-0.05, 0) is 39.9 Å². The molecule has 0 aliphatic carbocycles. The number of pyridine rings is 1. The number of amides is 1. The number of nitrogens with zero attached hydrogens (tertiary/aromatic N) is 1. The van der Waals surface area contributed by atoms with Crippen molar-refractivity contribution in [1.29, 1.82) is 0 Å². The van der Waals surface area contributed by atoms with Crippen molar-refractivity contribution in [3.63, 3.8) is 0 Å². The minimum absolute atomic E-state index is 0.0633. The lowest BCUT2D eigenvalue weighted by Gasteiger charge is -2.25. The van der Waals surface area contributed by atoms with Crippen molar-refractivity contribution < 1.29 is 14.7 Å². The van der Waals surface area contributed by atoms with E-state index >= 15 is 0 Å². The highest BCUT2D eigenvalue weighted by Gasteiger charge is 2.23. The highest BCUT2D eigenvalue weighted by molar-refractivity contribution is 9.10. The van der Waals surface area contributed by atoms with Crippen LogP contribution in [0.15, 0.2) is 22.9 Å². The van der Waals surface area contributed by atoms with Crippen LogP contribution in [-0.4, -0.2) is 28.0 Å². The first-order chi connectivity index (χ1) is 9.17.